The summed E-state index contributed by atoms with van der Waals surface area (Å²) in [7, 11) is -4.19. The zero-order valence-electron chi connectivity index (χ0n) is 18.8. The number of fused-ring (bicyclic) bond motifs is 1. The number of primary sulfonamides is 1. The molecule has 1 atom stereocenters. The zero-order valence-corrected chi connectivity index (χ0v) is 21.1. The molecule has 184 valence electrons. The van der Waals surface area contributed by atoms with Crippen LogP contribution in [0.2, 0.25) is 10.0 Å². The number of benzene rings is 2. The van der Waals surface area contributed by atoms with Crippen molar-refractivity contribution >= 4 is 56.7 Å². The van der Waals surface area contributed by atoms with Crippen molar-refractivity contribution in [1.29, 1.82) is 0 Å². The van der Waals surface area contributed by atoms with E-state index in [-0.39, 0.29) is 23.3 Å². The van der Waals surface area contributed by atoms with Crippen molar-refractivity contribution in [3.63, 3.8) is 0 Å². The molecular formula is C23H19Cl2N7O3S. The summed E-state index contributed by atoms with van der Waals surface area (Å²) in [4.78, 5) is 27.4. The molecule has 0 radical (unpaired) electrons. The molecular weight excluding hydrogens is 525 g/mol. The monoisotopic (exact) mass is 543 g/mol. The molecule has 4 aromatic rings. The molecule has 2 aromatic carbocycles. The number of nitrogens with two attached hydrogens (primary N) is 2. The fourth-order valence-corrected chi connectivity index (χ4v) is 5.58. The number of hydrogen-bond acceptors (Lipinski definition) is 7. The Morgan fingerprint density at radius 1 is 0.944 bits per heavy atom. The van der Waals surface area contributed by atoms with Crippen molar-refractivity contribution in [2.24, 2.45) is 5.14 Å². The summed E-state index contributed by atoms with van der Waals surface area (Å²) >= 11 is 12.3. The number of anilines is 3. The molecule has 1 aliphatic rings. The lowest BCUT2D eigenvalue weighted by Gasteiger charge is -2.26. The van der Waals surface area contributed by atoms with Gasteiger partial charge in [-0.15, -0.1) is 0 Å². The van der Waals surface area contributed by atoms with Crippen LogP contribution in [0.15, 0.2) is 66.1 Å². The Labute approximate surface area is 216 Å². The van der Waals surface area contributed by atoms with Gasteiger partial charge in [0.15, 0.2) is 5.03 Å². The topological polar surface area (TPSA) is 150 Å². The fourth-order valence-electron chi connectivity index (χ4n) is 4.33. The summed E-state index contributed by atoms with van der Waals surface area (Å²) in [5.41, 5.74) is 6.95. The standard InChI is InChI=1S/C23H19Cl2N7O3S/c1-23(9-13-2-4-14(5-3-13)15-10-28-21(26)29-11-15)20(33)31(18-7-16(24)6-17(25)8-18)22-30-12-19(32(22)23)36(27,34)35/h2-8,10-12H,9H2,1H3,(H2,26,28,29)(H2,27,34,35)/t23-/m1/s1. The Balaban J connectivity index is 1.58. The van der Waals surface area contributed by atoms with Crippen molar-refractivity contribution in [3.05, 3.63) is 76.7 Å². The molecule has 10 nitrogen and oxygen atoms in total. The van der Waals surface area contributed by atoms with Gasteiger partial charge in [0, 0.05) is 34.4 Å². The van der Waals surface area contributed by atoms with E-state index in [0.29, 0.717) is 15.7 Å². The van der Waals surface area contributed by atoms with Crippen LogP contribution < -0.4 is 15.8 Å². The van der Waals surface area contributed by atoms with Crippen molar-refractivity contribution in [2.45, 2.75) is 23.9 Å². The highest BCUT2D eigenvalue weighted by molar-refractivity contribution is 7.89. The van der Waals surface area contributed by atoms with Gasteiger partial charge in [-0.2, -0.15) is 0 Å². The maximum Gasteiger partial charge on any atom is 0.260 e. The van der Waals surface area contributed by atoms with Crippen molar-refractivity contribution < 1.29 is 13.2 Å². The predicted octanol–water partition coefficient (Wildman–Crippen LogP) is 3.51. The number of imidazole rings is 1. The minimum absolute atomic E-state index is 0.0977. The third-order valence-corrected chi connectivity index (χ3v) is 7.28. The minimum atomic E-state index is -4.19. The van der Waals surface area contributed by atoms with Gasteiger partial charge < -0.3 is 5.73 Å². The zero-order chi connectivity index (χ0) is 25.8. The Kier molecular flexibility index (Phi) is 5.75. The maximum atomic E-state index is 13.9. The number of carbonyl (C=O) groups is 1. The highest BCUT2D eigenvalue weighted by Gasteiger charge is 2.51. The summed E-state index contributed by atoms with van der Waals surface area (Å²) in [6, 6.07) is 12.0. The van der Waals surface area contributed by atoms with Crippen molar-refractivity contribution in [2.75, 3.05) is 10.6 Å². The van der Waals surface area contributed by atoms with E-state index in [1.54, 1.807) is 31.5 Å². The second kappa shape index (κ2) is 8.56. The van der Waals surface area contributed by atoms with Crippen LogP contribution in [-0.4, -0.2) is 33.8 Å². The van der Waals surface area contributed by atoms with Gasteiger partial charge in [0.25, 0.3) is 15.9 Å². The average molecular weight is 544 g/mol. The van der Waals surface area contributed by atoms with E-state index in [2.05, 4.69) is 15.0 Å². The Morgan fingerprint density at radius 2 is 1.56 bits per heavy atom. The van der Waals surface area contributed by atoms with Crippen LogP contribution in [0.4, 0.5) is 17.6 Å². The first-order valence-corrected chi connectivity index (χ1v) is 12.9. The number of carbonyl (C=O) groups excluding carboxylic acids is 1. The largest absolute Gasteiger partial charge is 0.368 e. The molecule has 0 spiro atoms. The highest BCUT2D eigenvalue weighted by Crippen LogP contribution is 2.44. The predicted molar refractivity (Wildman–Crippen MR) is 136 cm³/mol. The molecule has 0 saturated carbocycles. The second-order valence-electron chi connectivity index (χ2n) is 8.52. The number of amides is 1. The number of sulfonamides is 1. The Morgan fingerprint density at radius 3 is 2.14 bits per heavy atom. The third kappa shape index (κ3) is 4.09. The van der Waals surface area contributed by atoms with E-state index in [4.69, 9.17) is 34.1 Å². The molecule has 3 heterocycles. The van der Waals surface area contributed by atoms with Gasteiger partial charge in [0.05, 0.1) is 11.9 Å². The number of nitrogens with zero attached hydrogens (tertiary/aromatic N) is 5. The van der Waals surface area contributed by atoms with Gasteiger partial charge in [-0.05, 0) is 36.2 Å². The summed E-state index contributed by atoms with van der Waals surface area (Å²) in [6.45, 7) is 1.64. The molecule has 2 aromatic heterocycles. The molecule has 13 heteroatoms. The first kappa shape index (κ1) is 24.2. The minimum Gasteiger partial charge on any atom is -0.368 e. The van der Waals surface area contributed by atoms with E-state index in [0.717, 1.165) is 22.9 Å². The lowest BCUT2D eigenvalue weighted by atomic mass is 9.91. The first-order valence-electron chi connectivity index (χ1n) is 10.6. The van der Waals surface area contributed by atoms with Crippen LogP contribution in [0.1, 0.15) is 12.5 Å². The summed E-state index contributed by atoms with van der Waals surface area (Å²) < 4.78 is 26.2. The number of halogens is 2. The normalized spacial score (nSPS) is 17.4. The molecule has 0 bridgehead atoms. The van der Waals surface area contributed by atoms with Gasteiger partial charge in [-0.3, -0.25) is 9.36 Å². The van der Waals surface area contributed by atoms with E-state index in [9.17, 15) is 13.2 Å². The van der Waals surface area contributed by atoms with Crippen LogP contribution in [-0.2, 0) is 26.8 Å². The average Bonchev–Trinajstić information content (AvgIpc) is 3.33. The Bertz CT molecular complexity index is 1590. The summed E-state index contributed by atoms with van der Waals surface area (Å²) in [6.07, 6.45) is 4.52. The molecule has 0 saturated heterocycles. The quantitative estimate of drug-likeness (QED) is 0.390. The molecule has 4 N–H and O–H groups in total. The second-order valence-corrected chi connectivity index (χ2v) is 10.9. The van der Waals surface area contributed by atoms with E-state index in [1.165, 1.54) is 15.5 Å². The summed E-state index contributed by atoms with van der Waals surface area (Å²) in [5, 5.41) is 5.82. The molecule has 1 amide bonds. The number of aromatic nitrogens is 4. The van der Waals surface area contributed by atoms with Gasteiger partial charge in [0.1, 0.15) is 5.54 Å². The van der Waals surface area contributed by atoms with Crippen molar-refractivity contribution in [1.82, 2.24) is 19.5 Å². The van der Waals surface area contributed by atoms with Crippen LogP contribution >= 0.6 is 23.2 Å². The molecule has 0 aliphatic carbocycles. The number of hydrogen-bond donors (Lipinski definition) is 2. The summed E-state index contributed by atoms with van der Waals surface area (Å²) in [5.74, 6) is -0.138. The van der Waals surface area contributed by atoms with E-state index in [1.807, 2.05) is 24.3 Å². The fraction of sp³-hybridized carbons (Fsp3) is 0.130. The van der Waals surface area contributed by atoms with Crippen LogP contribution in [0.5, 0.6) is 0 Å². The van der Waals surface area contributed by atoms with Crippen LogP contribution in [0, 0.1) is 0 Å². The molecule has 0 unspecified atom stereocenters. The lowest BCUT2D eigenvalue weighted by molar-refractivity contribution is -0.124. The number of nitrogen functional groups attached to an aromatic ring is 1. The van der Waals surface area contributed by atoms with Gasteiger partial charge in [-0.25, -0.2) is 33.4 Å². The molecule has 0 fully saturated rings. The van der Waals surface area contributed by atoms with E-state index < -0.39 is 21.5 Å². The molecule has 1 aliphatic heterocycles. The molecule has 5 rings (SSSR count). The van der Waals surface area contributed by atoms with Gasteiger partial charge in [0.2, 0.25) is 11.9 Å². The highest BCUT2D eigenvalue weighted by atomic mass is 35.5. The van der Waals surface area contributed by atoms with E-state index >= 15 is 0 Å². The van der Waals surface area contributed by atoms with Gasteiger partial charge >= 0.3 is 0 Å². The smallest absolute Gasteiger partial charge is 0.260 e. The maximum absolute atomic E-state index is 13.9. The Hall–Kier alpha value is -3.51. The SMILES string of the molecule is C[C@@]1(Cc2ccc(-c3cnc(N)nc3)cc2)C(=O)N(c2cc(Cl)cc(Cl)c2)c2ncc(S(N)(=O)=O)n21. The number of rotatable bonds is 5. The van der Waals surface area contributed by atoms with Crippen molar-refractivity contribution in [3.8, 4) is 11.1 Å². The third-order valence-electron chi connectivity index (χ3n) is 5.97. The lowest BCUT2D eigenvalue weighted by Crippen LogP contribution is -2.42. The molecule has 36 heavy (non-hydrogen) atoms. The van der Waals surface area contributed by atoms with Crippen LogP contribution in [0.3, 0.4) is 0 Å². The van der Waals surface area contributed by atoms with Gasteiger partial charge in [-0.1, -0.05) is 47.5 Å². The first-order chi connectivity index (χ1) is 17.0. The van der Waals surface area contributed by atoms with Crippen LogP contribution in [0.25, 0.3) is 11.1 Å².